The third-order valence-electron chi connectivity index (χ3n) is 5.01. The number of amides is 4. The Morgan fingerprint density at radius 1 is 1.07 bits per heavy atom. The van der Waals surface area contributed by atoms with E-state index in [2.05, 4.69) is 10.6 Å². The SMILES string of the molecule is CC[C@@]1(c2ccccc2)NC(=O)N(CC(=O)NCc2ccccc2C)C1=O. The summed E-state index contributed by atoms with van der Waals surface area (Å²) in [5.41, 5.74) is 1.67. The van der Waals surface area contributed by atoms with E-state index in [0.717, 1.165) is 16.0 Å². The monoisotopic (exact) mass is 365 g/mol. The number of aryl methyl sites for hydroxylation is 1. The molecule has 1 saturated heterocycles. The van der Waals surface area contributed by atoms with Crippen molar-refractivity contribution in [2.75, 3.05) is 6.54 Å². The summed E-state index contributed by atoms with van der Waals surface area (Å²) in [6, 6.07) is 16.3. The quantitative estimate of drug-likeness (QED) is 0.772. The van der Waals surface area contributed by atoms with Gasteiger partial charge in [-0.05, 0) is 30.0 Å². The predicted molar refractivity (Wildman–Crippen MR) is 102 cm³/mol. The molecule has 0 aliphatic carbocycles. The average Bonchev–Trinajstić information content (AvgIpc) is 2.93. The van der Waals surface area contributed by atoms with Crippen molar-refractivity contribution in [1.29, 1.82) is 0 Å². The highest BCUT2D eigenvalue weighted by molar-refractivity contribution is 6.09. The first-order valence-corrected chi connectivity index (χ1v) is 8.99. The van der Waals surface area contributed by atoms with Crippen LogP contribution < -0.4 is 10.6 Å². The Bertz CT molecular complexity index is 866. The van der Waals surface area contributed by atoms with Crippen LogP contribution in [0.3, 0.4) is 0 Å². The first kappa shape index (κ1) is 18.6. The van der Waals surface area contributed by atoms with Gasteiger partial charge in [0.25, 0.3) is 5.91 Å². The van der Waals surface area contributed by atoms with Crippen molar-refractivity contribution in [2.24, 2.45) is 0 Å². The lowest BCUT2D eigenvalue weighted by Gasteiger charge is -2.25. The largest absolute Gasteiger partial charge is 0.350 e. The van der Waals surface area contributed by atoms with Crippen LogP contribution in [0.15, 0.2) is 54.6 Å². The Labute approximate surface area is 158 Å². The van der Waals surface area contributed by atoms with E-state index < -0.39 is 17.5 Å². The normalized spacial score (nSPS) is 19.1. The molecule has 2 aromatic carbocycles. The number of nitrogens with one attached hydrogen (secondary N) is 2. The molecule has 27 heavy (non-hydrogen) atoms. The smallest absolute Gasteiger partial charge is 0.325 e. The van der Waals surface area contributed by atoms with E-state index in [1.54, 1.807) is 0 Å². The molecule has 6 nitrogen and oxygen atoms in total. The van der Waals surface area contributed by atoms with Gasteiger partial charge in [-0.1, -0.05) is 61.5 Å². The van der Waals surface area contributed by atoms with Gasteiger partial charge in [0.1, 0.15) is 12.1 Å². The minimum atomic E-state index is -1.12. The van der Waals surface area contributed by atoms with Gasteiger partial charge in [-0.25, -0.2) is 4.79 Å². The lowest BCUT2D eigenvalue weighted by Crippen LogP contribution is -2.44. The van der Waals surface area contributed by atoms with E-state index in [-0.39, 0.29) is 12.5 Å². The lowest BCUT2D eigenvalue weighted by atomic mass is 9.87. The standard InChI is InChI=1S/C21H23N3O3/c1-3-21(17-11-5-4-6-12-17)19(26)24(20(27)23-21)14-18(25)22-13-16-10-8-7-9-15(16)2/h4-12H,3,13-14H2,1-2H3,(H,22,25)(H,23,27)/t21-/m0/s1. The molecular formula is C21H23N3O3. The number of imide groups is 1. The molecule has 0 radical (unpaired) electrons. The summed E-state index contributed by atoms with van der Waals surface area (Å²) in [5.74, 6) is -0.769. The molecule has 4 amide bonds. The highest BCUT2D eigenvalue weighted by atomic mass is 16.2. The highest BCUT2D eigenvalue weighted by Crippen LogP contribution is 2.32. The van der Waals surface area contributed by atoms with Crippen molar-refractivity contribution >= 4 is 17.8 Å². The van der Waals surface area contributed by atoms with E-state index in [0.29, 0.717) is 18.5 Å². The fourth-order valence-electron chi connectivity index (χ4n) is 3.33. The van der Waals surface area contributed by atoms with Crippen LogP contribution in [0.2, 0.25) is 0 Å². The van der Waals surface area contributed by atoms with E-state index >= 15 is 0 Å². The maximum atomic E-state index is 13.0. The zero-order valence-electron chi connectivity index (χ0n) is 15.5. The van der Waals surface area contributed by atoms with Crippen LogP contribution in [-0.2, 0) is 21.7 Å². The third-order valence-corrected chi connectivity index (χ3v) is 5.01. The molecule has 6 heteroatoms. The van der Waals surface area contributed by atoms with E-state index in [9.17, 15) is 14.4 Å². The van der Waals surface area contributed by atoms with E-state index in [4.69, 9.17) is 0 Å². The fraction of sp³-hybridized carbons (Fsp3) is 0.286. The molecule has 2 N–H and O–H groups in total. The summed E-state index contributed by atoms with van der Waals surface area (Å²) in [6.07, 6.45) is 0.406. The van der Waals surface area contributed by atoms with Crippen LogP contribution in [0.5, 0.6) is 0 Å². The number of carbonyl (C=O) groups is 3. The zero-order valence-corrected chi connectivity index (χ0v) is 15.5. The molecule has 140 valence electrons. The minimum absolute atomic E-state index is 0.300. The first-order valence-electron chi connectivity index (χ1n) is 8.99. The summed E-state index contributed by atoms with van der Waals surface area (Å²) >= 11 is 0. The molecule has 0 unspecified atom stereocenters. The molecule has 1 fully saturated rings. The second-order valence-electron chi connectivity index (χ2n) is 6.65. The maximum Gasteiger partial charge on any atom is 0.325 e. The molecule has 0 bridgehead atoms. The average molecular weight is 365 g/mol. The van der Waals surface area contributed by atoms with Crippen molar-refractivity contribution < 1.29 is 14.4 Å². The molecule has 0 aromatic heterocycles. The molecule has 1 aliphatic rings. The Morgan fingerprint density at radius 2 is 1.74 bits per heavy atom. The number of rotatable bonds is 6. The Kier molecular flexibility index (Phi) is 5.26. The second kappa shape index (κ2) is 7.61. The van der Waals surface area contributed by atoms with Crippen LogP contribution in [0.1, 0.15) is 30.0 Å². The molecule has 1 heterocycles. The molecule has 0 saturated carbocycles. The van der Waals surface area contributed by atoms with Crippen LogP contribution in [0.25, 0.3) is 0 Å². The molecule has 3 rings (SSSR count). The molecular weight excluding hydrogens is 342 g/mol. The van der Waals surface area contributed by atoms with E-state index in [1.165, 1.54) is 0 Å². The van der Waals surface area contributed by atoms with Crippen molar-refractivity contribution in [1.82, 2.24) is 15.5 Å². The number of urea groups is 1. The molecule has 2 aromatic rings. The maximum absolute atomic E-state index is 13.0. The molecule has 1 aliphatic heterocycles. The third kappa shape index (κ3) is 3.56. The van der Waals surface area contributed by atoms with Gasteiger partial charge in [-0.15, -0.1) is 0 Å². The lowest BCUT2D eigenvalue weighted by molar-refractivity contribution is -0.135. The number of benzene rings is 2. The number of hydrogen-bond acceptors (Lipinski definition) is 3. The number of carbonyl (C=O) groups excluding carboxylic acids is 3. The molecule has 1 atom stereocenters. The van der Waals surface area contributed by atoms with Gasteiger partial charge in [-0.3, -0.25) is 14.5 Å². The predicted octanol–water partition coefficient (Wildman–Crippen LogP) is 2.47. The Morgan fingerprint density at radius 3 is 2.41 bits per heavy atom. The second-order valence-corrected chi connectivity index (χ2v) is 6.65. The summed E-state index contributed by atoms with van der Waals surface area (Å²) in [4.78, 5) is 38.7. The van der Waals surface area contributed by atoms with Gasteiger partial charge in [0, 0.05) is 6.54 Å². The molecule has 0 spiro atoms. The van der Waals surface area contributed by atoms with Gasteiger partial charge < -0.3 is 10.6 Å². The Balaban J connectivity index is 1.70. The summed E-state index contributed by atoms with van der Waals surface area (Å²) in [6.45, 7) is 3.86. The minimum Gasteiger partial charge on any atom is -0.350 e. The highest BCUT2D eigenvalue weighted by Gasteiger charge is 2.51. The van der Waals surface area contributed by atoms with Crippen molar-refractivity contribution in [2.45, 2.75) is 32.4 Å². The number of nitrogens with zero attached hydrogens (tertiary/aromatic N) is 1. The topological polar surface area (TPSA) is 78.5 Å². The number of hydrogen-bond donors (Lipinski definition) is 2. The Hall–Kier alpha value is -3.15. The van der Waals surface area contributed by atoms with Gasteiger partial charge in [-0.2, -0.15) is 0 Å². The van der Waals surface area contributed by atoms with Crippen LogP contribution >= 0.6 is 0 Å². The van der Waals surface area contributed by atoms with Crippen molar-refractivity contribution in [3.8, 4) is 0 Å². The van der Waals surface area contributed by atoms with Crippen molar-refractivity contribution in [3.63, 3.8) is 0 Å². The summed E-state index contributed by atoms with van der Waals surface area (Å²) in [7, 11) is 0. The van der Waals surface area contributed by atoms with Gasteiger partial charge in [0.05, 0.1) is 0 Å². The van der Waals surface area contributed by atoms with Crippen LogP contribution in [0, 0.1) is 6.92 Å². The van der Waals surface area contributed by atoms with Crippen LogP contribution in [-0.4, -0.2) is 29.3 Å². The van der Waals surface area contributed by atoms with Gasteiger partial charge in [0.15, 0.2) is 0 Å². The summed E-state index contributed by atoms with van der Waals surface area (Å²) in [5, 5.41) is 5.56. The van der Waals surface area contributed by atoms with Gasteiger partial charge in [0.2, 0.25) is 5.91 Å². The van der Waals surface area contributed by atoms with Crippen LogP contribution in [0.4, 0.5) is 4.79 Å². The fourth-order valence-corrected chi connectivity index (χ4v) is 3.33. The summed E-state index contributed by atoms with van der Waals surface area (Å²) < 4.78 is 0. The first-order chi connectivity index (χ1) is 13.0. The van der Waals surface area contributed by atoms with Crippen molar-refractivity contribution in [3.05, 3.63) is 71.3 Å². The van der Waals surface area contributed by atoms with E-state index in [1.807, 2.05) is 68.4 Å². The van der Waals surface area contributed by atoms with Gasteiger partial charge >= 0.3 is 6.03 Å². The zero-order chi connectivity index (χ0) is 19.4.